The molecule has 0 aliphatic heterocycles. The zero-order valence-electron chi connectivity index (χ0n) is 10.3. The Labute approximate surface area is 111 Å². The quantitative estimate of drug-likeness (QED) is 0.697. The van der Waals surface area contributed by atoms with Crippen molar-refractivity contribution in [3.05, 3.63) is 65.9 Å². The molecule has 0 aliphatic carbocycles. The van der Waals surface area contributed by atoms with Crippen molar-refractivity contribution in [2.75, 3.05) is 0 Å². The molecule has 0 aliphatic rings. The van der Waals surface area contributed by atoms with Gasteiger partial charge >= 0.3 is 7.12 Å². The average Bonchev–Trinajstić information content (AvgIpc) is 2.83. The molecule has 1 heterocycles. The minimum atomic E-state index is -1.51. The fraction of sp³-hybridized carbons (Fsp3) is 0.0667. The fourth-order valence-corrected chi connectivity index (χ4v) is 2.24. The van der Waals surface area contributed by atoms with Crippen LogP contribution >= 0.6 is 0 Å². The first-order valence-corrected chi connectivity index (χ1v) is 6.14. The molecule has 0 saturated carbocycles. The lowest BCUT2D eigenvalue weighted by Gasteiger charge is -2.02. The normalized spacial score (nSPS) is 10.8. The van der Waals surface area contributed by atoms with Crippen molar-refractivity contribution in [1.29, 1.82) is 0 Å². The standard InChI is InChI=1S/C15H13BO3/c17-16(18)14-10-19-15-7-6-12(9-13(14)15)8-11-4-2-1-3-5-11/h1-7,9-10,17-18H,8H2. The summed E-state index contributed by atoms with van der Waals surface area (Å²) >= 11 is 0. The van der Waals surface area contributed by atoms with E-state index < -0.39 is 7.12 Å². The molecule has 0 atom stereocenters. The van der Waals surface area contributed by atoms with E-state index in [0.717, 1.165) is 17.4 Å². The number of hydrogen-bond acceptors (Lipinski definition) is 3. The molecule has 1 aromatic heterocycles. The van der Waals surface area contributed by atoms with Gasteiger partial charge in [0.05, 0.1) is 6.26 Å². The molecule has 0 fully saturated rings. The van der Waals surface area contributed by atoms with Gasteiger partial charge in [0, 0.05) is 10.8 Å². The van der Waals surface area contributed by atoms with Crippen molar-refractivity contribution in [2.45, 2.75) is 6.42 Å². The topological polar surface area (TPSA) is 53.6 Å². The lowest BCUT2D eigenvalue weighted by Crippen LogP contribution is -2.28. The number of fused-ring (bicyclic) bond motifs is 1. The molecule has 2 aromatic carbocycles. The van der Waals surface area contributed by atoms with E-state index in [9.17, 15) is 10.0 Å². The molecule has 3 rings (SSSR count). The summed E-state index contributed by atoms with van der Waals surface area (Å²) in [6.45, 7) is 0. The third kappa shape index (κ3) is 2.41. The predicted molar refractivity (Wildman–Crippen MR) is 75.3 cm³/mol. The van der Waals surface area contributed by atoms with Crippen molar-refractivity contribution >= 4 is 23.6 Å². The lowest BCUT2D eigenvalue weighted by molar-refractivity contribution is 0.425. The third-order valence-electron chi connectivity index (χ3n) is 3.20. The zero-order chi connectivity index (χ0) is 13.2. The van der Waals surface area contributed by atoms with Gasteiger partial charge in [0.1, 0.15) is 5.58 Å². The van der Waals surface area contributed by atoms with E-state index in [1.807, 2.05) is 36.4 Å². The largest absolute Gasteiger partial charge is 0.492 e. The highest BCUT2D eigenvalue weighted by Gasteiger charge is 2.17. The molecule has 0 spiro atoms. The average molecular weight is 252 g/mol. The highest BCUT2D eigenvalue weighted by atomic mass is 16.4. The molecule has 0 saturated heterocycles. The smallest absolute Gasteiger partial charge is 0.465 e. The van der Waals surface area contributed by atoms with Crippen LogP contribution in [0.3, 0.4) is 0 Å². The van der Waals surface area contributed by atoms with E-state index in [2.05, 4.69) is 12.1 Å². The maximum absolute atomic E-state index is 9.29. The lowest BCUT2D eigenvalue weighted by atomic mass is 9.80. The van der Waals surface area contributed by atoms with Crippen LogP contribution in [-0.2, 0) is 6.42 Å². The van der Waals surface area contributed by atoms with Gasteiger partial charge in [0.15, 0.2) is 0 Å². The van der Waals surface area contributed by atoms with E-state index >= 15 is 0 Å². The van der Waals surface area contributed by atoms with Crippen molar-refractivity contribution < 1.29 is 14.5 Å². The van der Waals surface area contributed by atoms with Crippen LogP contribution in [0.15, 0.2) is 59.2 Å². The van der Waals surface area contributed by atoms with Crippen LogP contribution in [0, 0.1) is 0 Å². The van der Waals surface area contributed by atoms with E-state index in [1.54, 1.807) is 0 Å². The summed E-state index contributed by atoms with van der Waals surface area (Å²) in [5.41, 5.74) is 3.41. The molecule has 0 bridgehead atoms. The van der Waals surface area contributed by atoms with E-state index in [-0.39, 0.29) is 0 Å². The van der Waals surface area contributed by atoms with Gasteiger partial charge in [-0.25, -0.2) is 0 Å². The summed E-state index contributed by atoms with van der Waals surface area (Å²) in [6, 6.07) is 15.9. The molecular weight excluding hydrogens is 239 g/mol. The molecule has 2 N–H and O–H groups in total. The Balaban J connectivity index is 1.99. The van der Waals surface area contributed by atoms with Crippen LogP contribution in [-0.4, -0.2) is 17.2 Å². The van der Waals surface area contributed by atoms with E-state index in [0.29, 0.717) is 11.0 Å². The third-order valence-corrected chi connectivity index (χ3v) is 3.20. The van der Waals surface area contributed by atoms with Gasteiger partial charge in [0.2, 0.25) is 0 Å². The number of hydrogen-bond donors (Lipinski definition) is 2. The first-order valence-electron chi connectivity index (χ1n) is 6.14. The summed E-state index contributed by atoms with van der Waals surface area (Å²) in [7, 11) is -1.51. The number of benzene rings is 2. The first-order chi connectivity index (χ1) is 9.24. The van der Waals surface area contributed by atoms with Crippen molar-refractivity contribution in [3.63, 3.8) is 0 Å². The minimum Gasteiger partial charge on any atom is -0.465 e. The maximum Gasteiger partial charge on any atom is 0.492 e. The van der Waals surface area contributed by atoms with Crippen LogP contribution in [0.4, 0.5) is 0 Å². The first kappa shape index (κ1) is 12.0. The van der Waals surface area contributed by atoms with E-state index in [4.69, 9.17) is 4.42 Å². The van der Waals surface area contributed by atoms with Crippen LogP contribution in [0.25, 0.3) is 11.0 Å². The molecule has 0 amide bonds. The van der Waals surface area contributed by atoms with Crippen molar-refractivity contribution in [1.82, 2.24) is 0 Å². The predicted octanol–water partition coefficient (Wildman–Crippen LogP) is 1.70. The van der Waals surface area contributed by atoms with Gasteiger partial charge < -0.3 is 14.5 Å². The Bertz CT molecular complexity index is 689. The van der Waals surface area contributed by atoms with Crippen LogP contribution in [0.5, 0.6) is 0 Å². The second kappa shape index (κ2) is 4.92. The monoisotopic (exact) mass is 252 g/mol. The van der Waals surface area contributed by atoms with Gasteiger partial charge in [-0.2, -0.15) is 0 Å². The Morgan fingerprint density at radius 2 is 1.74 bits per heavy atom. The maximum atomic E-state index is 9.29. The highest BCUT2D eigenvalue weighted by Crippen LogP contribution is 2.18. The molecule has 0 radical (unpaired) electrons. The summed E-state index contributed by atoms with van der Waals surface area (Å²) in [4.78, 5) is 0. The Hall–Kier alpha value is -2.04. The summed E-state index contributed by atoms with van der Waals surface area (Å²) in [6.07, 6.45) is 2.20. The molecule has 4 heteroatoms. The minimum absolute atomic E-state index is 0.407. The Morgan fingerprint density at radius 3 is 2.47 bits per heavy atom. The zero-order valence-corrected chi connectivity index (χ0v) is 10.3. The number of furan rings is 1. The fourth-order valence-electron chi connectivity index (χ4n) is 2.24. The Kier molecular flexibility index (Phi) is 3.11. The van der Waals surface area contributed by atoms with Gasteiger partial charge in [-0.05, 0) is 29.7 Å². The van der Waals surface area contributed by atoms with Gasteiger partial charge in [-0.15, -0.1) is 0 Å². The summed E-state index contributed by atoms with van der Waals surface area (Å²) < 4.78 is 5.30. The molecule has 3 aromatic rings. The van der Waals surface area contributed by atoms with Gasteiger partial charge in [-0.1, -0.05) is 36.4 Å². The second-order valence-electron chi connectivity index (χ2n) is 4.56. The molecule has 3 nitrogen and oxygen atoms in total. The Morgan fingerprint density at radius 1 is 0.947 bits per heavy atom. The second-order valence-corrected chi connectivity index (χ2v) is 4.56. The molecule has 94 valence electrons. The van der Waals surface area contributed by atoms with Crippen LogP contribution in [0.1, 0.15) is 11.1 Å². The highest BCUT2D eigenvalue weighted by molar-refractivity contribution is 6.61. The number of rotatable bonds is 3. The van der Waals surface area contributed by atoms with Crippen LogP contribution < -0.4 is 5.46 Å². The molecule has 0 unspecified atom stereocenters. The SMILES string of the molecule is OB(O)c1coc2ccc(Cc3ccccc3)cc12. The molecular formula is C15H13BO3. The van der Waals surface area contributed by atoms with E-state index in [1.165, 1.54) is 11.8 Å². The van der Waals surface area contributed by atoms with Crippen molar-refractivity contribution in [2.24, 2.45) is 0 Å². The van der Waals surface area contributed by atoms with Crippen molar-refractivity contribution in [3.8, 4) is 0 Å². The van der Waals surface area contributed by atoms with Gasteiger partial charge in [0.25, 0.3) is 0 Å². The van der Waals surface area contributed by atoms with Gasteiger partial charge in [-0.3, -0.25) is 0 Å². The summed E-state index contributed by atoms with van der Waals surface area (Å²) in [5, 5.41) is 19.3. The molecule has 19 heavy (non-hydrogen) atoms. The van der Waals surface area contributed by atoms with Crippen LogP contribution in [0.2, 0.25) is 0 Å². The summed E-state index contributed by atoms with van der Waals surface area (Å²) in [5.74, 6) is 0.